The predicted octanol–water partition coefficient (Wildman–Crippen LogP) is 3.04. The van der Waals surface area contributed by atoms with Crippen molar-refractivity contribution in [1.82, 2.24) is 0 Å². The van der Waals surface area contributed by atoms with Crippen molar-refractivity contribution in [2.75, 3.05) is 0 Å². The number of hydrogen-bond acceptors (Lipinski definition) is 1. The van der Waals surface area contributed by atoms with Crippen LogP contribution in [-0.4, -0.2) is 11.1 Å². The molecule has 0 radical (unpaired) electrons. The van der Waals surface area contributed by atoms with Crippen molar-refractivity contribution in [1.29, 1.82) is 0 Å². The van der Waals surface area contributed by atoms with Gasteiger partial charge in [-0.25, -0.2) is 0 Å². The van der Waals surface area contributed by atoms with Crippen LogP contribution >= 0.6 is 0 Å². The predicted molar refractivity (Wildman–Crippen MR) is 63.2 cm³/mol. The Morgan fingerprint density at radius 3 is 2.56 bits per heavy atom. The Bertz CT molecular complexity index is 394. The van der Waals surface area contributed by atoms with Crippen molar-refractivity contribution < 1.29 is 9.90 Å². The van der Waals surface area contributed by atoms with Crippen LogP contribution in [0.15, 0.2) is 42.5 Å². The number of carbonyl (C=O) groups is 1. The van der Waals surface area contributed by atoms with Crippen LogP contribution in [0.25, 0.3) is 0 Å². The minimum atomic E-state index is -0.666. The molecule has 16 heavy (non-hydrogen) atoms. The van der Waals surface area contributed by atoms with Gasteiger partial charge in [-0.1, -0.05) is 42.5 Å². The van der Waals surface area contributed by atoms with Gasteiger partial charge in [0.2, 0.25) is 0 Å². The van der Waals surface area contributed by atoms with Crippen LogP contribution in [0.2, 0.25) is 0 Å². The minimum absolute atomic E-state index is 0.587. The first-order valence-electron chi connectivity index (χ1n) is 5.65. The standard InChI is InChI=1S/C14H16O2/c15-13(16)14(9-5-2-6-10-14)11-12-7-3-1-4-8-12/h1-5,7-8H,6,9-11H2,(H,15,16). The normalized spacial score (nSPS) is 24.2. The fourth-order valence-electron chi connectivity index (χ4n) is 2.31. The number of benzene rings is 1. The zero-order valence-corrected chi connectivity index (χ0v) is 9.23. The fourth-order valence-corrected chi connectivity index (χ4v) is 2.31. The van der Waals surface area contributed by atoms with E-state index >= 15 is 0 Å². The molecule has 1 atom stereocenters. The monoisotopic (exact) mass is 216 g/mol. The van der Waals surface area contributed by atoms with Gasteiger partial charge >= 0.3 is 5.97 Å². The van der Waals surface area contributed by atoms with E-state index in [1.54, 1.807) is 0 Å². The quantitative estimate of drug-likeness (QED) is 0.788. The lowest BCUT2D eigenvalue weighted by Crippen LogP contribution is -2.34. The first kappa shape index (κ1) is 10.9. The van der Waals surface area contributed by atoms with Gasteiger partial charge in [-0.2, -0.15) is 0 Å². The van der Waals surface area contributed by atoms with E-state index in [0.717, 1.165) is 18.4 Å². The molecular formula is C14H16O2. The number of allylic oxidation sites excluding steroid dienone is 2. The van der Waals surface area contributed by atoms with E-state index in [9.17, 15) is 9.90 Å². The summed E-state index contributed by atoms with van der Waals surface area (Å²) in [6, 6.07) is 9.89. The highest BCUT2D eigenvalue weighted by molar-refractivity contribution is 5.75. The Morgan fingerprint density at radius 1 is 1.25 bits per heavy atom. The van der Waals surface area contributed by atoms with Gasteiger partial charge < -0.3 is 5.11 Å². The second kappa shape index (κ2) is 4.52. The Hall–Kier alpha value is -1.57. The molecule has 1 aromatic rings. The molecule has 84 valence electrons. The molecule has 0 bridgehead atoms. The molecule has 0 fully saturated rings. The number of carboxylic acid groups (broad SMARTS) is 1. The summed E-state index contributed by atoms with van der Waals surface area (Å²) in [7, 11) is 0. The number of rotatable bonds is 3. The molecule has 2 heteroatoms. The summed E-state index contributed by atoms with van der Waals surface area (Å²) in [5.41, 5.74) is 0.524. The van der Waals surface area contributed by atoms with E-state index in [4.69, 9.17) is 0 Å². The van der Waals surface area contributed by atoms with Gasteiger partial charge in [-0.05, 0) is 31.2 Å². The van der Waals surface area contributed by atoms with Crippen LogP contribution in [-0.2, 0) is 11.2 Å². The Kier molecular flexibility index (Phi) is 3.09. The van der Waals surface area contributed by atoms with Gasteiger partial charge in [-0.3, -0.25) is 4.79 Å². The maximum absolute atomic E-state index is 11.4. The van der Waals surface area contributed by atoms with Crippen molar-refractivity contribution >= 4 is 5.97 Å². The lowest BCUT2D eigenvalue weighted by atomic mass is 9.73. The third-order valence-corrected chi connectivity index (χ3v) is 3.30. The SMILES string of the molecule is O=C(O)C1(Cc2ccccc2)CC=CCC1. The molecule has 0 heterocycles. The van der Waals surface area contributed by atoms with Crippen LogP contribution in [0.1, 0.15) is 24.8 Å². The summed E-state index contributed by atoms with van der Waals surface area (Å²) in [4.78, 5) is 11.4. The zero-order chi connectivity index (χ0) is 11.4. The third-order valence-electron chi connectivity index (χ3n) is 3.30. The Labute approximate surface area is 95.6 Å². The maximum Gasteiger partial charge on any atom is 0.310 e. The van der Waals surface area contributed by atoms with Crippen LogP contribution in [0.4, 0.5) is 0 Å². The van der Waals surface area contributed by atoms with Crippen molar-refractivity contribution in [2.24, 2.45) is 5.41 Å². The van der Waals surface area contributed by atoms with Crippen LogP contribution in [0.5, 0.6) is 0 Å². The molecule has 1 aliphatic rings. The summed E-state index contributed by atoms with van der Waals surface area (Å²) in [5.74, 6) is -0.666. The first-order valence-corrected chi connectivity index (χ1v) is 5.65. The highest BCUT2D eigenvalue weighted by Gasteiger charge is 2.37. The molecule has 1 unspecified atom stereocenters. The van der Waals surface area contributed by atoms with Gasteiger partial charge in [0.1, 0.15) is 0 Å². The van der Waals surface area contributed by atoms with Crippen LogP contribution in [0, 0.1) is 5.41 Å². The Morgan fingerprint density at radius 2 is 2.00 bits per heavy atom. The molecule has 1 aromatic carbocycles. The second-order valence-electron chi connectivity index (χ2n) is 4.46. The van der Waals surface area contributed by atoms with E-state index in [1.165, 1.54) is 0 Å². The molecule has 0 aliphatic heterocycles. The number of hydrogen-bond donors (Lipinski definition) is 1. The van der Waals surface area contributed by atoms with E-state index in [0.29, 0.717) is 12.8 Å². The van der Waals surface area contributed by atoms with Crippen LogP contribution in [0.3, 0.4) is 0 Å². The lowest BCUT2D eigenvalue weighted by Gasteiger charge is -2.30. The third kappa shape index (κ3) is 2.16. The highest BCUT2D eigenvalue weighted by Crippen LogP contribution is 2.36. The van der Waals surface area contributed by atoms with Crippen molar-refractivity contribution in [3.05, 3.63) is 48.0 Å². The highest BCUT2D eigenvalue weighted by atomic mass is 16.4. The summed E-state index contributed by atoms with van der Waals surface area (Å²) < 4.78 is 0. The lowest BCUT2D eigenvalue weighted by molar-refractivity contribution is -0.149. The molecule has 2 rings (SSSR count). The molecule has 0 aromatic heterocycles. The second-order valence-corrected chi connectivity index (χ2v) is 4.46. The van der Waals surface area contributed by atoms with Crippen molar-refractivity contribution in [3.8, 4) is 0 Å². The summed E-state index contributed by atoms with van der Waals surface area (Å²) in [5, 5.41) is 9.42. The van der Waals surface area contributed by atoms with Gasteiger partial charge in [0.05, 0.1) is 5.41 Å². The molecule has 0 spiro atoms. The first-order chi connectivity index (χ1) is 7.73. The average molecular weight is 216 g/mol. The fraction of sp³-hybridized carbons (Fsp3) is 0.357. The molecule has 0 saturated heterocycles. The topological polar surface area (TPSA) is 37.3 Å². The van der Waals surface area contributed by atoms with Crippen molar-refractivity contribution in [2.45, 2.75) is 25.7 Å². The molecular weight excluding hydrogens is 200 g/mol. The molecule has 0 saturated carbocycles. The van der Waals surface area contributed by atoms with E-state index in [-0.39, 0.29) is 0 Å². The summed E-state index contributed by atoms with van der Waals surface area (Å²) >= 11 is 0. The summed E-state index contributed by atoms with van der Waals surface area (Å²) in [6.07, 6.45) is 6.98. The van der Waals surface area contributed by atoms with E-state index in [1.807, 2.05) is 36.4 Å². The van der Waals surface area contributed by atoms with Crippen molar-refractivity contribution in [3.63, 3.8) is 0 Å². The van der Waals surface area contributed by atoms with E-state index in [2.05, 4.69) is 6.08 Å². The Balaban J connectivity index is 2.21. The number of aliphatic carboxylic acids is 1. The molecule has 1 N–H and O–H groups in total. The maximum atomic E-state index is 11.4. The molecule has 0 amide bonds. The van der Waals surface area contributed by atoms with Gasteiger partial charge in [0.15, 0.2) is 0 Å². The van der Waals surface area contributed by atoms with Gasteiger partial charge in [-0.15, -0.1) is 0 Å². The average Bonchev–Trinajstić information content (AvgIpc) is 2.31. The molecule has 1 aliphatic carbocycles. The number of carboxylic acids is 1. The minimum Gasteiger partial charge on any atom is -0.481 e. The van der Waals surface area contributed by atoms with Gasteiger partial charge in [0, 0.05) is 0 Å². The van der Waals surface area contributed by atoms with E-state index < -0.39 is 11.4 Å². The smallest absolute Gasteiger partial charge is 0.310 e. The summed E-state index contributed by atoms with van der Waals surface area (Å²) in [6.45, 7) is 0. The zero-order valence-electron chi connectivity index (χ0n) is 9.23. The van der Waals surface area contributed by atoms with Gasteiger partial charge in [0.25, 0.3) is 0 Å². The van der Waals surface area contributed by atoms with Crippen LogP contribution < -0.4 is 0 Å². The molecule has 2 nitrogen and oxygen atoms in total. The largest absolute Gasteiger partial charge is 0.481 e.